The fraction of sp³-hybridized carbons (Fsp3) is 0.0625. The van der Waals surface area contributed by atoms with Crippen molar-refractivity contribution in [3.05, 3.63) is 63.7 Å². The third kappa shape index (κ3) is 2.62. The molecule has 4 heteroatoms. The summed E-state index contributed by atoms with van der Waals surface area (Å²) in [4.78, 5) is 4.74. The van der Waals surface area contributed by atoms with Gasteiger partial charge in [-0.2, -0.15) is 0 Å². The summed E-state index contributed by atoms with van der Waals surface area (Å²) in [5, 5.41) is 3.70. The van der Waals surface area contributed by atoms with Gasteiger partial charge in [0.1, 0.15) is 0 Å². The van der Waals surface area contributed by atoms with Crippen molar-refractivity contribution in [1.29, 1.82) is 0 Å². The topological polar surface area (TPSA) is 12.9 Å². The Bertz CT molecular complexity index is 787. The van der Waals surface area contributed by atoms with E-state index in [-0.39, 0.29) is 0 Å². The number of pyridine rings is 1. The fourth-order valence-corrected chi connectivity index (χ4v) is 3.06. The van der Waals surface area contributed by atoms with E-state index in [0.717, 1.165) is 32.1 Å². The second kappa shape index (κ2) is 5.84. The van der Waals surface area contributed by atoms with E-state index in [0.29, 0.717) is 5.02 Å². The minimum atomic E-state index is 0.706. The molecule has 100 valence electrons. The molecule has 0 saturated heterocycles. The Hall–Kier alpha value is -0.900. The average molecular weight is 412 g/mol. The van der Waals surface area contributed by atoms with Crippen molar-refractivity contribution < 1.29 is 0 Å². The fourth-order valence-electron chi connectivity index (χ4n) is 2.21. The monoisotopic (exact) mass is 409 g/mol. The molecule has 0 fully saturated rings. The van der Waals surface area contributed by atoms with Crippen LogP contribution < -0.4 is 0 Å². The van der Waals surface area contributed by atoms with Crippen molar-refractivity contribution >= 4 is 54.2 Å². The molecule has 0 amide bonds. The molecule has 20 heavy (non-hydrogen) atoms. The molecule has 0 spiro atoms. The molecule has 0 atom stereocenters. The van der Waals surface area contributed by atoms with Gasteiger partial charge in [0.25, 0.3) is 0 Å². The zero-order valence-electron chi connectivity index (χ0n) is 10.4. The molecule has 2 aromatic carbocycles. The maximum Gasteiger partial charge on any atom is 0.0799 e. The van der Waals surface area contributed by atoms with Gasteiger partial charge in [-0.15, -0.1) is 0 Å². The molecule has 0 aliphatic carbocycles. The molecule has 0 radical (unpaired) electrons. The molecule has 0 saturated carbocycles. The minimum absolute atomic E-state index is 0.706. The molecule has 0 aliphatic rings. The largest absolute Gasteiger partial charge is 0.251 e. The van der Waals surface area contributed by atoms with Gasteiger partial charge in [0.05, 0.1) is 16.4 Å². The quantitative estimate of drug-likeness (QED) is 0.457. The van der Waals surface area contributed by atoms with Crippen molar-refractivity contribution in [2.45, 2.75) is 5.33 Å². The number of fused-ring (bicyclic) bond motifs is 1. The summed E-state index contributed by atoms with van der Waals surface area (Å²) in [6.45, 7) is 0. The van der Waals surface area contributed by atoms with Crippen molar-refractivity contribution in [2.24, 2.45) is 0 Å². The first-order valence-electron chi connectivity index (χ1n) is 6.09. The van der Waals surface area contributed by atoms with Gasteiger partial charge in [0.2, 0.25) is 0 Å². The first kappa shape index (κ1) is 14.1. The van der Waals surface area contributed by atoms with Crippen LogP contribution in [0.3, 0.4) is 0 Å². The smallest absolute Gasteiger partial charge is 0.0799 e. The summed E-state index contributed by atoms with van der Waals surface area (Å²) in [5.41, 5.74) is 2.86. The number of rotatable bonds is 2. The summed E-state index contributed by atoms with van der Waals surface area (Å²) in [5.74, 6) is 0. The lowest BCUT2D eigenvalue weighted by molar-refractivity contribution is 1.21. The molecule has 3 aromatic rings. The zero-order valence-corrected chi connectivity index (χ0v) is 14.3. The van der Waals surface area contributed by atoms with Crippen LogP contribution in [-0.4, -0.2) is 4.98 Å². The second-order valence-corrected chi connectivity index (χ2v) is 6.32. The summed E-state index contributed by atoms with van der Waals surface area (Å²) in [6.07, 6.45) is 0. The van der Waals surface area contributed by atoms with E-state index in [1.54, 1.807) is 0 Å². The first-order chi connectivity index (χ1) is 9.69. The van der Waals surface area contributed by atoms with E-state index >= 15 is 0 Å². The molecule has 0 N–H and O–H groups in total. The minimum Gasteiger partial charge on any atom is -0.251 e. The summed E-state index contributed by atoms with van der Waals surface area (Å²) in [6, 6.07) is 16.2. The van der Waals surface area contributed by atoms with Crippen LogP contribution in [-0.2, 0) is 5.33 Å². The SMILES string of the molecule is Clc1ccc(Br)cc1-c1nc(CBr)cc2ccccc12. The third-order valence-corrected chi connectivity index (χ3v) is 4.51. The number of halogens is 3. The van der Waals surface area contributed by atoms with Crippen LogP contribution in [0.2, 0.25) is 5.02 Å². The van der Waals surface area contributed by atoms with E-state index in [9.17, 15) is 0 Å². The summed E-state index contributed by atoms with van der Waals surface area (Å²) >= 11 is 13.3. The number of alkyl halides is 1. The second-order valence-electron chi connectivity index (χ2n) is 4.44. The standard InChI is InChI=1S/C16H10Br2ClN/c17-9-12-7-10-3-1-2-4-13(10)16(20-12)14-8-11(18)5-6-15(14)19/h1-8H,9H2. The van der Waals surface area contributed by atoms with Crippen LogP contribution in [0.4, 0.5) is 0 Å². The lowest BCUT2D eigenvalue weighted by atomic mass is 10.0. The van der Waals surface area contributed by atoms with Crippen molar-refractivity contribution in [1.82, 2.24) is 4.98 Å². The molecular weight excluding hydrogens is 401 g/mol. The predicted molar refractivity (Wildman–Crippen MR) is 92.5 cm³/mol. The molecule has 0 bridgehead atoms. The number of benzene rings is 2. The van der Waals surface area contributed by atoms with Crippen molar-refractivity contribution in [2.75, 3.05) is 0 Å². The van der Waals surface area contributed by atoms with Crippen molar-refractivity contribution in [3.8, 4) is 11.3 Å². The third-order valence-electron chi connectivity index (χ3n) is 3.11. The molecule has 0 unspecified atom stereocenters. The normalized spacial score (nSPS) is 10.9. The number of aromatic nitrogens is 1. The average Bonchev–Trinajstić information content (AvgIpc) is 2.48. The highest BCUT2D eigenvalue weighted by atomic mass is 79.9. The summed E-state index contributed by atoms with van der Waals surface area (Å²) < 4.78 is 0.993. The van der Waals surface area contributed by atoms with Gasteiger partial charge in [-0.25, -0.2) is 0 Å². The Morgan fingerprint density at radius 3 is 2.65 bits per heavy atom. The van der Waals surface area contributed by atoms with Crippen molar-refractivity contribution in [3.63, 3.8) is 0 Å². The molecule has 0 aliphatic heterocycles. The molecule has 1 nitrogen and oxygen atoms in total. The van der Waals surface area contributed by atoms with Gasteiger partial charge in [0.15, 0.2) is 0 Å². The summed E-state index contributed by atoms with van der Waals surface area (Å²) in [7, 11) is 0. The maximum absolute atomic E-state index is 6.35. The Labute approximate surface area is 139 Å². The van der Waals surface area contributed by atoms with Crippen LogP contribution in [0.15, 0.2) is 53.0 Å². The molecule has 3 rings (SSSR count). The van der Waals surface area contributed by atoms with Gasteiger partial charge in [-0.3, -0.25) is 4.98 Å². The van der Waals surface area contributed by atoms with Crippen LogP contribution in [0.1, 0.15) is 5.69 Å². The van der Waals surface area contributed by atoms with Crippen LogP contribution in [0, 0.1) is 0 Å². The van der Waals surface area contributed by atoms with E-state index in [1.807, 2.05) is 30.3 Å². The van der Waals surface area contributed by atoms with Gasteiger partial charge in [-0.1, -0.05) is 67.7 Å². The van der Waals surface area contributed by atoms with Gasteiger partial charge >= 0.3 is 0 Å². The first-order valence-corrected chi connectivity index (χ1v) is 8.38. The Morgan fingerprint density at radius 1 is 1.05 bits per heavy atom. The van der Waals surface area contributed by atoms with E-state index < -0.39 is 0 Å². The highest BCUT2D eigenvalue weighted by molar-refractivity contribution is 9.10. The number of nitrogens with zero attached hydrogens (tertiary/aromatic N) is 1. The lowest BCUT2D eigenvalue weighted by Gasteiger charge is -2.10. The van der Waals surface area contributed by atoms with E-state index in [1.165, 1.54) is 5.39 Å². The predicted octanol–water partition coefficient (Wildman–Crippen LogP) is 6.21. The van der Waals surface area contributed by atoms with Crippen LogP contribution in [0.25, 0.3) is 22.0 Å². The highest BCUT2D eigenvalue weighted by Gasteiger charge is 2.11. The van der Waals surface area contributed by atoms with Gasteiger partial charge < -0.3 is 0 Å². The number of hydrogen-bond acceptors (Lipinski definition) is 1. The van der Waals surface area contributed by atoms with Crippen LogP contribution >= 0.6 is 43.5 Å². The maximum atomic E-state index is 6.35. The van der Waals surface area contributed by atoms with Gasteiger partial charge in [-0.05, 0) is 29.7 Å². The molecule has 1 heterocycles. The Balaban J connectivity index is 2.37. The van der Waals surface area contributed by atoms with E-state index in [4.69, 9.17) is 16.6 Å². The molecule has 1 aromatic heterocycles. The van der Waals surface area contributed by atoms with E-state index in [2.05, 4.69) is 50.1 Å². The lowest BCUT2D eigenvalue weighted by Crippen LogP contribution is -1.92. The highest BCUT2D eigenvalue weighted by Crippen LogP contribution is 2.34. The number of hydrogen-bond donors (Lipinski definition) is 0. The Kier molecular flexibility index (Phi) is 4.11. The molecular formula is C16H10Br2ClN. The van der Waals surface area contributed by atoms with Crippen LogP contribution in [0.5, 0.6) is 0 Å². The zero-order chi connectivity index (χ0) is 14.1. The van der Waals surface area contributed by atoms with Gasteiger partial charge in [0, 0.05) is 20.8 Å². The Morgan fingerprint density at radius 2 is 1.85 bits per heavy atom.